The molecule has 5 heteroatoms. The maximum atomic E-state index is 12.2. The topological polar surface area (TPSA) is 58.6 Å². The lowest BCUT2D eigenvalue weighted by Gasteiger charge is -2.32. The van der Waals surface area contributed by atoms with Crippen LogP contribution in [0.1, 0.15) is 30.1 Å². The van der Waals surface area contributed by atoms with Crippen molar-refractivity contribution in [1.82, 2.24) is 10.2 Å². The first kappa shape index (κ1) is 15.5. The summed E-state index contributed by atoms with van der Waals surface area (Å²) in [6.07, 6.45) is 2.11. The third kappa shape index (κ3) is 4.29. The molecule has 1 aliphatic heterocycles. The number of ketones is 1. The number of likely N-dealkylation sites (N-methyl/N-ethyl adjacent to an activating group) is 1. The molecule has 0 spiro atoms. The lowest BCUT2D eigenvalue weighted by Crippen LogP contribution is -2.48. The van der Waals surface area contributed by atoms with Gasteiger partial charge in [-0.3, -0.25) is 9.59 Å². The molecule has 1 atom stereocenters. The maximum Gasteiger partial charge on any atom is 0.260 e. The van der Waals surface area contributed by atoms with Crippen molar-refractivity contribution in [2.24, 2.45) is 0 Å². The van der Waals surface area contributed by atoms with Gasteiger partial charge >= 0.3 is 0 Å². The fourth-order valence-electron chi connectivity index (χ4n) is 2.48. The zero-order valence-electron chi connectivity index (χ0n) is 12.6. The van der Waals surface area contributed by atoms with E-state index in [0.29, 0.717) is 17.4 Å². The van der Waals surface area contributed by atoms with Gasteiger partial charge in [-0.15, -0.1) is 0 Å². The number of piperidine rings is 1. The van der Waals surface area contributed by atoms with Crippen LogP contribution in [0, 0.1) is 0 Å². The van der Waals surface area contributed by atoms with Crippen molar-refractivity contribution in [3.05, 3.63) is 29.8 Å². The summed E-state index contributed by atoms with van der Waals surface area (Å²) in [5.74, 6) is 0.529. The molecule has 1 heterocycles. The number of amides is 1. The van der Waals surface area contributed by atoms with Crippen LogP contribution in [0.4, 0.5) is 0 Å². The van der Waals surface area contributed by atoms with E-state index in [9.17, 15) is 9.59 Å². The molecule has 1 aromatic rings. The highest BCUT2D eigenvalue weighted by Crippen LogP contribution is 2.15. The first-order valence-electron chi connectivity index (χ1n) is 7.29. The summed E-state index contributed by atoms with van der Waals surface area (Å²) in [5, 5.41) is 3.21. The molecule has 1 saturated heterocycles. The molecule has 1 N–H and O–H groups in total. The third-order valence-corrected chi connectivity index (χ3v) is 3.79. The second-order valence-corrected chi connectivity index (χ2v) is 5.34. The van der Waals surface area contributed by atoms with Crippen molar-refractivity contribution in [2.75, 3.05) is 26.7 Å². The number of Topliss-reactive ketones (excluding diaryl/α,β-unsaturated/α-hetero) is 1. The van der Waals surface area contributed by atoms with Gasteiger partial charge in [0.15, 0.2) is 12.4 Å². The Morgan fingerprint density at radius 1 is 1.43 bits per heavy atom. The van der Waals surface area contributed by atoms with Crippen LogP contribution in [0.15, 0.2) is 24.3 Å². The summed E-state index contributed by atoms with van der Waals surface area (Å²) in [4.78, 5) is 25.3. The Balaban J connectivity index is 1.89. The first-order chi connectivity index (χ1) is 10.1. The Bertz CT molecular complexity index is 516. The monoisotopic (exact) mass is 290 g/mol. The minimum atomic E-state index is -0.0142. The van der Waals surface area contributed by atoms with Gasteiger partial charge in [-0.05, 0) is 38.9 Å². The standard InChI is InChI=1S/C16H22N2O3/c1-12(19)13-5-3-7-15(9-13)21-11-16(20)18-8-4-6-14(10-18)17-2/h3,5,7,9,14,17H,4,6,8,10-11H2,1-2H3. The molecule has 2 rings (SSSR count). The van der Waals surface area contributed by atoms with E-state index in [1.165, 1.54) is 6.92 Å². The van der Waals surface area contributed by atoms with Gasteiger partial charge in [-0.1, -0.05) is 12.1 Å². The molecule has 0 radical (unpaired) electrons. The van der Waals surface area contributed by atoms with Crippen molar-refractivity contribution < 1.29 is 14.3 Å². The minimum absolute atomic E-state index is 0.0109. The number of hydrogen-bond donors (Lipinski definition) is 1. The van der Waals surface area contributed by atoms with Gasteiger partial charge in [0.05, 0.1) is 0 Å². The van der Waals surface area contributed by atoms with Crippen molar-refractivity contribution in [3.63, 3.8) is 0 Å². The van der Waals surface area contributed by atoms with Gasteiger partial charge in [0.2, 0.25) is 0 Å². The van der Waals surface area contributed by atoms with Crippen LogP contribution in [-0.4, -0.2) is 49.4 Å². The number of ether oxygens (including phenoxy) is 1. The molecule has 1 aromatic carbocycles. The molecular weight excluding hydrogens is 268 g/mol. The molecule has 1 unspecified atom stereocenters. The van der Waals surface area contributed by atoms with Gasteiger partial charge in [0.1, 0.15) is 5.75 Å². The number of likely N-dealkylation sites (tertiary alicyclic amines) is 1. The Hall–Kier alpha value is -1.88. The minimum Gasteiger partial charge on any atom is -0.484 e. The largest absolute Gasteiger partial charge is 0.484 e. The average Bonchev–Trinajstić information content (AvgIpc) is 2.53. The van der Waals surface area contributed by atoms with Gasteiger partial charge in [0, 0.05) is 24.7 Å². The van der Waals surface area contributed by atoms with Gasteiger partial charge in [-0.25, -0.2) is 0 Å². The van der Waals surface area contributed by atoms with Crippen LogP contribution in [0.2, 0.25) is 0 Å². The van der Waals surface area contributed by atoms with E-state index in [1.54, 1.807) is 24.3 Å². The van der Waals surface area contributed by atoms with E-state index in [2.05, 4.69) is 5.32 Å². The fraction of sp³-hybridized carbons (Fsp3) is 0.500. The van der Waals surface area contributed by atoms with Gasteiger partial charge in [-0.2, -0.15) is 0 Å². The zero-order valence-corrected chi connectivity index (χ0v) is 12.6. The molecule has 0 aliphatic carbocycles. The molecule has 0 bridgehead atoms. The molecule has 1 fully saturated rings. The highest BCUT2D eigenvalue weighted by atomic mass is 16.5. The quantitative estimate of drug-likeness (QED) is 0.835. The van der Waals surface area contributed by atoms with E-state index in [-0.39, 0.29) is 18.3 Å². The van der Waals surface area contributed by atoms with Crippen LogP contribution < -0.4 is 10.1 Å². The zero-order chi connectivity index (χ0) is 15.2. The summed E-state index contributed by atoms with van der Waals surface area (Å²) in [6, 6.07) is 7.28. The number of nitrogens with one attached hydrogen (secondary N) is 1. The van der Waals surface area contributed by atoms with Crippen LogP contribution in [0.25, 0.3) is 0 Å². The van der Waals surface area contributed by atoms with Crippen LogP contribution in [0.5, 0.6) is 5.75 Å². The second-order valence-electron chi connectivity index (χ2n) is 5.34. The van der Waals surface area contributed by atoms with E-state index in [4.69, 9.17) is 4.74 Å². The second kappa shape index (κ2) is 7.22. The first-order valence-corrected chi connectivity index (χ1v) is 7.29. The highest BCUT2D eigenvalue weighted by molar-refractivity contribution is 5.94. The molecule has 5 nitrogen and oxygen atoms in total. The summed E-state index contributed by atoms with van der Waals surface area (Å²) in [7, 11) is 1.92. The highest BCUT2D eigenvalue weighted by Gasteiger charge is 2.22. The lowest BCUT2D eigenvalue weighted by atomic mass is 10.1. The Morgan fingerprint density at radius 2 is 2.24 bits per heavy atom. The van der Waals surface area contributed by atoms with E-state index in [0.717, 1.165) is 25.9 Å². The number of carbonyl (C=O) groups is 2. The smallest absolute Gasteiger partial charge is 0.260 e. The van der Waals surface area contributed by atoms with Crippen molar-refractivity contribution in [2.45, 2.75) is 25.8 Å². The molecule has 1 aliphatic rings. The van der Waals surface area contributed by atoms with E-state index in [1.807, 2.05) is 11.9 Å². The molecule has 0 aromatic heterocycles. The number of rotatable bonds is 5. The average molecular weight is 290 g/mol. The van der Waals surface area contributed by atoms with Crippen LogP contribution in [-0.2, 0) is 4.79 Å². The summed E-state index contributed by atoms with van der Waals surface area (Å²) in [6.45, 7) is 3.04. The SMILES string of the molecule is CNC1CCCN(C(=O)COc2cccc(C(C)=O)c2)C1. The van der Waals surface area contributed by atoms with E-state index >= 15 is 0 Å². The third-order valence-electron chi connectivity index (χ3n) is 3.79. The molecule has 1 amide bonds. The van der Waals surface area contributed by atoms with Crippen molar-refractivity contribution in [3.8, 4) is 5.75 Å². The fourth-order valence-corrected chi connectivity index (χ4v) is 2.48. The number of nitrogens with zero attached hydrogens (tertiary/aromatic N) is 1. The molecule has 114 valence electrons. The van der Waals surface area contributed by atoms with E-state index < -0.39 is 0 Å². The van der Waals surface area contributed by atoms with Crippen LogP contribution >= 0.6 is 0 Å². The van der Waals surface area contributed by atoms with Crippen LogP contribution in [0.3, 0.4) is 0 Å². The summed E-state index contributed by atoms with van der Waals surface area (Å²) in [5.41, 5.74) is 0.591. The predicted molar refractivity (Wildman–Crippen MR) is 80.6 cm³/mol. The van der Waals surface area contributed by atoms with Crippen molar-refractivity contribution >= 4 is 11.7 Å². The lowest BCUT2D eigenvalue weighted by molar-refractivity contribution is -0.134. The Kier molecular flexibility index (Phi) is 5.33. The van der Waals surface area contributed by atoms with Gasteiger partial charge in [0.25, 0.3) is 5.91 Å². The Labute approximate surface area is 125 Å². The normalized spacial score (nSPS) is 18.4. The van der Waals surface area contributed by atoms with Crippen molar-refractivity contribution in [1.29, 1.82) is 0 Å². The number of hydrogen-bond acceptors (Lipinski definition) is 4. The molecule has 0 saturated carbocycles. The molecule has 21 heavy (non-hydrogen) atoms. The van der Waals surface area contributed by atoms with Gasteiger partial charge < -0.3 is 15.0 Å². The predicted octanol–water partition coefficient (Wildman–Crippen LogP) is 1.48. The molecular formula is C16H22N2O3. The summed E-state index contributed by atoms with van der Waals surface area (Å²) < 4.78 is 5.52. The summed E-state index contributed by atoms with van der Waals surface area (Å²) >= 11 is 0. The number of benzene rings is 1. The maximum absolute atomic E-state index is 12.2. The number of carbonyl (C=O) groups excluding carboxylic acids is 2. The Morgan fingerprint density at radius 3 is 2.95 bits per heavy atom.